The van der Waals surface area contributed by atoms with Crippen molar-refractivity contribution in [2.45, 2.75) is 25.4 Å². The largest absolute Gasteiger partial charge is 0.379 e. The summed E-state index contributed by atoms with van der Waals surface area (Å²) in [5, 5.41) is 0. The Balaban J connectivity index is 1.92. The molecule has 0 spiro atoms. The summed E-state index contributed by atoms with van der Waals surface area (Å²) in [4.78, 5) is 2.44. The Hall–Kier alpha value is -0.200. The fourth-order valence-corrected chi connectivity index (χ4v) is 1.61. The smallest absolute Gasteiger partial charge is 0.0676 e. The van der Waals surface area contributed by atoms with E-state index in [0.717, 1.165) is 45.7 Å². The van der Waals surface area contributed by atoms with Gasteiger partial charge >= 0.3 is 0 Å². The van der Waals surface area contributed by atoms with Crippen molar-refractivity contribution in [2.24, 2.45) is 11.6 Å². The first-order chi connectivity index (χ1) is 6.83. The predicted molar refractivity (Wildman–Crippen MR) is 56.4 cm³/mol. The molecule has 1 heterocycles. The molecule has 0 aromatic carbocycles. The first kappa shape index (κ1) is 11.9. The summed E-state index contributed by atoms with van der Waals surface area (Å²) < 4.78 is 5.27. The maximum absolute atomic E-state index is 5.62. The van der Waals surface area contributed by atoms with E-state index in [-0.39, 0.29) is 6.17 Å². The van der Waals surface area contributed by atoms with Gasteiger partial charge in [-0.3, -0.25) is 10.7 Å². The summed E-state index contributed by atoms with van der Waals surface area (Å²) in [6, 6.07) is 0. The molecule has 84 valence electrons. The zero-order valence-corrected chi connectivity index (χ0v) is 8.74. The number of hydrazine groups is 1. The van der Waals surface area contributed by atoms with Gasteiger partial charge in [-0.15, -0.1) is 0 Å². The van der Waals surface area contributed by atoms with Crippen molar-refractivity contribution in [3.8, 4) is 0 Å². The lowest BCUT2D eigenvalue weighted by molar-refractivity contribution is 0.0370. The first-order valence-electron chi connectivity index (χ1n) is 5.34. The second-order valence-electron chi connectivity index (χ2n) is 3.72. The third-order valence-electron chi connectivity index (χ3n) is 2.56. The average Bonchev–Trinajstić information content (AvgIpc) is 2.25. The summed E-state index contributed by atoms with van der Waals surface area (Å²) in [5.74, 6) is 5.20. The molecular weight excluding hydrogens is 180 g/mol. The lowest BCUT2D eigenvalue weighted by Gasteiger charge is -2.26. The van der Waals surface area contributed by atoms with Crippen LogP contribution in [-0.2, 0) is 4.74 Å². The van der Waals surface area contributed by atoms with Gasteiger partial charge in [-0.25, -0.2) is 5.43 Å². The molecule has 0 aromatic heterocycles. The lowest BCUT2D eigenvalue weighted by Crippen LogP contribution is -2.42. The Kier molecular flexibility index (Phi) is 6.05. The molecule has 1 unspecified atom stereocenters. The van der Waals surface area contributed by atoms with E-state index >= 15 is 0 Å². The van der Waals surface area contributed by atoms with Gasteiger partial charge in [-0.2, -0.15) is 0 Å². The van der Waals surface area contributed by atoms with Crippen LogP contribution in [0.4, 0.5) is 0 Å². The number of nitrogens with one attached hydrogen (secondary N) is 1. The molecule has 5 N–H and O–H groups in total. The minimum absolute atomic E-state index is 0.0558. The maximum atomic E-state index is 5.62. The van der Waals surface area contributed by atoms with Crippen LogP contribution in [0, 0.1) is 0 Å². The summed E-state index contributed by atoms with van der Waals surface area (Å²) in [6.07, 6.45) is 3.21. The Morgan fingerprint density at radius 1 is 1.29 bits per heavy atom. The van der Waals surface area contributed by atoms with Gasteiger partial charge in [0.2, 0.25) is 0 Å². The molecule has 0 saturated carbocycles. The van der Waals surface area contributed by atoms with E-state index in [1.807, 2.05) is 0 Å². The van der Waals surface area contributed by atoms with Crippen LogP contribution >= 0.6 is 0 Å². The van der Waals surface area contributed by atoms with Crippen LogP contribution in [-0.4, -0.2) is 43.9 Å². The molecule has 0 bridgehead atoms. The normalized spacial score (nSPS) is 21.0. The number of morpholine rings is 1. The summed E-state index contributed by atoms with van der Waals surface area (Å²) in [5.41, 5.74) is 8.17. The number of nitrogens with two attached hydrogens (primary N) is 2. The molecule has 1 atom stereocenters. The summed E-state index contributed by atoms with van der Waals surface area (Å²) >= 11 is 0. The number of ether oxygens (including phenoxy) is 1. The van der Waals surface area contributed by atoms with E-state index in [4.69, 9.17) is 16.3 Å². The molecule has 5 nitrogen and oxygen atoms in total. The van der Waals surface area contributed by atoms with E-state index < -0.39 is 0 Å². The van der Waals surface area contributed by atoms with Crippen LogP contribution in [0.1, 0.15) is 19.3 Å². The van der Waals surface area contributed by atoms with Gasteiger partial charge in [-0.1, -0.05) is 0 Å². The van der Waals surface area contributed by atoms with Crippen LogP contribution in [0.3, 0.4) is 0 Å². The van der Waals surface area contributed by atoms with Gasteiger partial charge in [0.25, 0.3) is 0 Å². The highest BCUT2D eigenvalue weighted by molar-refractivity contribution is 4.62. The second-order valence-corrected chi connectivity index (χ2v) is 3.72. The minimum Gasteiger partial charge on any atom is -0.379 e. The number of unbranched alkanes of at least 4 members (excludes halogenated alkanes) is 1. The Labute approximate surface area is 85.7 Å². The molecule has 1 rings (SSSR count). The van der Waals surface area contributed by atoms with Crippen molar-refractivity contribution in [3.63, 3.8) is 0 Å². The summed E-state index contributed by atoms with van der Waals surface area (Å²) in [6.45, 7) is 5.05. The van der Waals surface area contributed by atoms with Crippen molar-refractivity contribution in [3.05, 3.63) is 0 Å². The second kappa shape index (κ2) is 7.14. The van der Waals surface area contributed by atoms with Gasteiger partial charge < -0.3 is 10.5 Å². The molecule has 5 heteroatoms. The molecular formula is C9H22N4O. The highest BCUT2D eigenvalue weighted by atomic mass is 16.5. The van der Waals surface area contributed by atoms with Gasteiger partial charge in [0.1, 0.15) is 0 Å². The quantitative estimate of drug-likeness (QED) is 0.228. The molecule has 1 aliphatic rings. The van der Waals surface area contributed by atoms with Crippen molar-refractivity contribution >= 4 is 0 Å². The maximum Gasteiger partial charge on any atom is 0.0676 e. The van der Waals surface area contributed by atoms with Crippen LogP contribution in [0.5, 0.6) is 0 Å². The fraction of sp³-hybridized carbons (Fsp3) is 1.00. The minimum atomic E-state index is -0.0558. The SMILES string of the molecule is NNC(N)CCCCN1CCOCC1. The number of nitrogens with zero attached hydrogens (tertiary/aromatic N) is 1. The lowest BCUT2D eigenvalue weighted by atomic mass is 10.2. The Morgan fingerprint density at radius 2 is 2.00 bits per heavy atom. The number of rotatable bonds is 6. The molecule has 1 aliphatic heterocycles. The van der Waals surface area contributed by atoms with E-state index in [2.05, 4.69) is 10.3 Å². The molecule has 0 aliphatic carbocycles. The molecule has 0 aromatic rings. The highest BCUT2D eigenvalue weighted by Gasteiger charge is 2.09. The first-order valence-corrected chi connectivity index (χ1v) is 5.34. The van der Waals surface area contributed by atoms with Gasteiger partial charge in [0.05, 0.1) is 19.4 Å². The Bertz CT molecular complexity index is 139. The molecule has 0 amide bonds. The number of hydrogen-bond donors (Lipinski definition) is 3. The van der Waals surface area contributed by atoms with E-state index in [9.17, 15) is 0 Å². The molecule has 1 saturated heterocycles. The zero-order chi connectivity index (χ0) is 10.2. The van der Waals surface area contributed by atoms with Crippen LogP contribution in [0.15, 0.2) is 0 Å². The van der Waals surface area contributed by atoms with Crippen LogP contribution < -0.4 is 17.0 Å². The third kappa shape index (κ3) is 4.88. The molecule has 1 fully saturated rings. The predicted octanol–water partition coefficient (Wildman–Crippen LogP) is -0.763. The third-order valence-corrected chi connectivity index (χ3v) is 2.56. The summed E-state index contributed by atoms with van der Waals surface area (Å²) in [7, 11) is 0. The van der Waals surface area contributed by atoms with Gasteiger partial charge in [0, 0.05) is 13.1 Å². The molecule has 0 radical (unpaired) electrons. The van der Waals surface area contributed by atoms with Crippen molar-refractivity contribution in [1.29, 1.82) is 0 Å². The highest BCUT2D eigenvalue weighted by Crippen LogP contribution is 2.02. The van der Waals surface area contributed by atoms with Crippen LogP contribution in [0.2, 0.25) is 0 Å². The monoisotopic (exact) mass is 202 g/mol. The van der Waals surface area contributed by atoms with Gasteiger partial charge in [0.15, 0.2) is 0 Å². The topological polar surface area (TPSA) is 76.5 Å². The van der Waals surface area contributed by atoms with Crippen LogP contribution in [0.25, 0.3) is 0 Å². The Morgan fingerprint density at radius 3 is 2.64 bits per heavy atom. The zero-order valence-electron chi connectivity index (χ0n) is 8.74. The standard InChI is InChI=1S/C9H22N4O/c10-9(12-11)3-1-2-4-13-5-7-14-8-6-13/h9,12H,1-8,10-11H2. The van der Waals surface area contributed by atoms with E-state index in [1.54, 1.807) is 0 Å². The molecule has 14 heavy (non-hydrogen) atoms. The van der Waals surface area contributed by atoms with Crippen molar-refractivity contribution < 1.29 is 4.74 Å². The number of hydrogen-bond acceptors (Lipinski definition) is 5. The van der Waals surface area contributed by atoms with E-state index in [1.165, 1.54) is 6.42 Å². The van der Waals surface area contributed by atoms with Crippen molar-refractivity contribution in [2.75, 3.05) is 32.8 Å². The van der Waals surface area contributed by atoms with Gasteiger partial charge in [-0.05, 0) is 25.8 Å². The fourth-order valence-electron chi connectivity index (χ4n) is 1.61. The average molecular weight is 202 g/mol. The van der Waals surface area contributed by atoms with Crippen molar-refractivity contribution in [1.82, 2.24) is 10.3 Å². The van der Waals surface area contributed by atoms with E-state index in [0.29, 0.717) is 0 Å².